The van der Waals surface area contributed by atoms with E-state index in [1.165, 1.54) is 0 Å². The highest BCUT2D eigenvalue weighted by Gasteiger charge is 2.15. The Morgan fingerprint density at radius 2 is 2.47 bits per heavy atom. The number of ether oxygens (including phenoxy) is 1. The van der Waals surface area contributed by atoms with Gasteiger partial charge in [-0.1, -0.05) is 29.0 Å². The molecule has 1 aromatic carbocycles. The average molecular weight is 269 g/mol. The number of hydrogen-bond acceptors (Lipinski definition) is 4. The molecule has 0 saturated carbocycles. The van der Waals surface area contributed by atoms with Crippen LogP contribution in [0.5, 0.6) is 0 Å². The van der Waals surface area contributed by atoms with Crippen LogP contribution in [0.25, 0.3) is 10.2 Å². The standard InChI is InChI=1S/C12H13ClN2OS/c13-9-4-1-5-10-11(9)15-12(17-10)14-7-8-3-2-6-16-8/h1,4-5,8H,2-3,6-7H2,(H,14,15)/t8-/m0/s1. The number of benzene rings is 1. The van der Waals surface area contributed by atoms with Gasteiger partial charge in [0.15, 0.2) is 5.13 Å². The molecule has 0 spiro atoms. The van der Waals surface area contributed by atoms with Gasteiger partial charge in [0.25, 0.3) is 0 Å². The molecule has 2 aromatic rings. The van der Waals surface area contributed by atoms with Crippen molar-refractivity contribution in [1.82, 2.24) is 4.98 Å². The quantitative estimate of drug-likeness (QED) is 0.925. The molecule has 1 fully saturated rings. The Labute approximate surface area is 109 Å². The lowest BCUT2D eigenvalue weighted by atomic mass is 10.2. The maximum atomic E-state index is 6.09. The Bertz CT molecular complexity index is 522. The van der Waals surface area contributed by atoms with Crippen LogP contribution in [0, 0.1) is 0 Å². The van der Waals surface area contributed by atoms with Crippen molar-refractivity contribution in [3.8, 4) is 0 Å². The number of anilines is 1. The van der Waals surface area contributed by atoms with Crippen LogP contribution in [-0.4, -0.2) is 24.2 Å². The average Bonchev–Trinajstić information content (AvgIpc) is 2.95. The number of rotatable bonds is 3. The Morgan fingerprint density at radius 3 is 3.24 bits per heavy atom. The summed E-state index contributed by atoms with van der Waals surface area (Å²) in [6, 6.07) is 5.86. The predicted octanol–water partition coefficient (Wildman–Crippen LogP) is 3.54. The number of nitrogens with one attached hydrogen (secondary N) is 1. The molecule has 1 aliphatic rings. The van der Waals surface area contributed by atoms with Crippen molar-refractivity contribution in [2.24, 2.45) is 0 Å². The Morgan fingerprint density at radius 1 is 1.53 bits per heavy atom. The van der Waals surface area contributed by atoms with E-state index >= 15 is 0 Å². The molecule has 3 rings (SSSR count). The fraction of sp³-hybridized carbons (Fsp3) is 0.417. The maximum Gasteiger partial charge on any atom is 0.183 e. The van der Waals surface area contributed by atoms with Gasteiger partial charge in [0.2, 0.25) is 0 Å². The highest BCUT2D eigenvalue weighted by molar-refractivity contribution is 7.22. The molecule has 0 bridgehead atoms. The smallest absolute Gasteiger partial charge is 0.183 e. The summed E-state index contributed by atoms with van der Waals surface area (Å²) in [5, 5.41) is 4.96. The molecule has 3 nitrogen and oxygen atoms in total. The minimum Gasteiger partial charge on any atom is -0.376 e. The van der Waals surface area contributed by atoms with Crippen LogP contribution in [0.2, 0.25) is 5.02 Å². The van der Waals surface area contributed by atoms with E-state index in [-0.39, 0.29) is 0 Å². The lowest BCUT2D eigenvalue weighted by molar-refractivity contribution is 0.120. The van der Waals surface area contributed by atoms with E-state index in [1.54, 1.807) is 11.3 Å². The van der Waals surface area contributed by atoms with E-state index < -0.39 is 0 Å². The second kappa shape index (κ2) is 4.80. The molecular formula is C12H13ClN2OS. The van der Waals surface area contributed by atoms with E-state index in [4.69, 9.17) is 16.3 Å². The predicted molar refractivity (Wildman–Crippen MR) is 72.1 cm³/mol. The largest absolute Gasteiger partial charge is 0.376 e. The number of hydrogen-bond donors (Lipinski definition) is 1. The summed E-state index contributed by atoms with van der Waals surface area (Å²) in [5.41, 5.74) is 0.883. The Hall–Kier alpha value is -0.840. The zero-order chi connectivity index (χ0) is 11.7. The Kier molecular flexibility index (Phi) is 3.18. The van der Waals surface area contributed by atoms with Crippen LogP contribution in [0.15, 0.2) is 18.2 Å². The molecule has 1 atom stereocenters. The molecule has 0 amide bonds. The molecule has 1 aromatic heterocycles. The molecule has 5 heteroatoms. The normalized spacial score (nSPS) is 19.9. The van der Waals surface area contributed by atoms with E-state index in [9.17, 15) is 0 Å². The summed E-state index contributed by atoms with van der Waals surface area (Å²) in [4.78, 5) is 4.49. The zero-order valence-corrected chi connectivity index (χ0v) is 10.9. The number of para-hydroxylation sites is 1. The molecule has 2 heterocycles. The van der Waals surface area contributed by atoms with Crippen molar-refractivity contribution in [3.63, 3.8) is 0 Å². The summed E-state index contributed by atoms with van der Waals surface area (Å²) in [5.74, 6) is 0. The SMILES string of the molecule is Clc1cccc2sc(NC[C@@H]3CCCO3)nc12. The van der Waals surface area contributed by atoms with Crippen molar-refractivity contribution >= 4 is 38.3 Å². The first kappa shape index (κ1) is 11.3. The highest BCUT2D eigenvalue weighted by atomic mass is 35.5. The number of halogens is 1. The van der Waals surface area contributed by atoms with Gasteiger partial charge in [-0.05, 0) is 25.0 Å². The zero-order valence-electron chi connectivity index (χ0n) is 9.28. The third kappa shape index (κ3) is 2.39. The van der Waals surface area contributed by atoms with Gasteiger partial charge < -0.3 is 10.1 Å². The van der Waals surface area contributed by atoms with Crippen LogP contribution in [-0.2, 0) is 4.74 Å². The second-order valence-electron chi connectivity index (χ2n) is 4.12. The van der Waals surface area contributed by atoms with Crippen LogP contribution in [0.3, 0.4) is 0 Å². The highest BCUT2D eigenvalue weighted by Crippen LogP contribution is 2.30. The third-order valence-electron chi connectivity index (χ3n) is 2.87. The van der Waals surface area contributed by atoms with Gasteiger partial charge in [-0.25, -0.2) is 4.98 Å². The van der Waals surface area contributed by atoms with Crippen LogP contribution < -0.4 is 5.32 Å². The van der Waals surface area contributed by atoms with Crippen LogP contribution >= 0.6 is 22.9 Å². The fourth-order valence-electron chi connectivity index (χ4n) is 2.00. The van der Waals surface area contributed by atoms with Gasteiger partial charge >= 0.3 is 0 Å². The molecular weight excluding hydrogens is 256 g/mol. The summed E-state index contributed by atoms with van der Waals surface area (Å²) < 4.78 is 6.68. The lowest BCUT2D eigenvalue weighted by Crippen LogP contribution is -2.18. The van der Waals surface area contributed by atoms with Crippen molar-refractivity contribution in [2.45, 2.75) is 18.9 Å². The first-order valence-electron chi connectivity index (χ1n) is 5.73. The fourth-order valence-corrected chi connectivity index (χ4v) is 3.17. The van der Waals surface area contributed by atoms with Crippen LogP contribution in [0.1, 0.15) is 12.8 Å². The van der Waals surface area contributed by atoms with E-state index in [0.29, 0.717) is 11.1 Å². The first-order valence-corrected chi connectivity index (χ1v) is 6.93. The summed E-state index contributed by atoms with van der Waals surface area (Å²) in [6.45, 7) is 1.72. The molecule has 0 aliphatic carbocycles. The van der Waals surface area contributed by atoms with Gasteiger partial charge in [-0.15, -0.1) is 0 Å². The molecule has 1 N–H and O–H groups in total. The number of fused-ring (bicyclic) bond motifs is 1. The second-order valence-corrected chi connectivity index (χ2v) is 5.56. The van der Waals surface area contributed by atoms with Gasteiger partial charge in [-0.3, -0.25) is 0 Å². The maximum absolute atomic E-state index is 6.09. The third-order valence-corrected chi connectivity index (χ3v) is 4.16. The molecule has 0 radical (unpaired) electrons. The minimum atomic E-state index is 0.331. The number of aromatic nitrogens is 1. The van der Waals surface area contributed by atoms with Crippen molar-refractivity contribution in [3.05, 3.63) is 23.2 Å². The molecule has 0 unspecified atom stereocenters. The van der Waals surface area contributed by atoms with Gasteiger partial charge in [0.1, 0.15) is 5.52 Å². The van der Waals surface area contributed by atoms with E-state index in [1.807, 2.05) is 18.2 Å². The monoisotopic (exact) mass is 268 g/mol. The van der Waals surface area contributed by atoms with E-state index in [2.05, 4.69) is 10.3 Å². The van der Waals surface area contributed by atoms with Gasteiger partial charge in [-0.2, -0.15) is 0 Å². The minimum absolute atomic E-state index is 0.331. The van der Waals surface area contributed by atoms with Crippen molar-refractivity contribution < 1.29 is 4.74 Å². The first-order chi connectivity index (χ1) is 8.33. The van der Waals surface area contributed by atoms with Gasteiger partial charge in [0.05, 0.1) is 15.8 Å². The van der Waals surface area contributed by atoms with E-state index in [0.717, 1.165) is 41.3 Å². The summed E-state index contributed by atoms with van der Waals surface area (Å²) >= 11 is 7.72. The Balaban J connectivity index is 1.74. The van der Waals surface area contributed by atoms with Crippen molar-refractivity contribution in [1.29, 1.82) is 0 Å². The number of nitrogens with zero attached hydrogens (tertiary/aromatic N) is 1. The van der Waals surface area contributed by atoms with Gasteiger partial charge in [0, 0.05) is 13.2 Å². The molecule has 17 heavy (non-hydrogen) atoms. The molecule has 1 saturated heterocycles. The van der Waals surface area contributed by atoms with Crippen molar-refractivity contribution in [2.75, 3.05) is 18.5 Å². The van der Waals surface area contributed by atoms with Crippen LogP contribution in [0.4, 0.5) is 5.13 Å². The topological polar surface area (TPSA) is 34.1 Å². The molecule has 1 aliphatic heterocycles. The summed E-state index contributed by atoms with van der Waals surface area (Å²) in [7, 11) is 0. The molecule has 90 valence electrons. The lowest BCUT2D eigenvalue weighted by Gasteiger charge is -2.08. The summed E-state index contributed by atoms with van der Waals surface area (Å²) in [6.07, 6.45) is 2.63. The number of thiazole rings is 1.